The zero-order valence-electron chi connectivity index (χ0n) is 13.6. The van der Waals surface area contributed by atoms with Gasteiger partial charge in [-0.25, -0.2) is 4.39 Å². The van der Waals surface area contributed by atoms with Gasteiger partial charge in [-0.1, -0.05) is 49.0 Å². The Bertz CT molecular complexity index is 706. The van der Waals surface area contributed by atoms with Crippen molar-refractivity contribution in [1.82, 2.24) is 10.1 Å². The fraction of sp³-hybridized carbons (Fsp3) is 0.556. The Morgan fingerprint density at radius 1 is 1.00 bits per heavy atom. The molecule has 2 aromatic rings. The van der Waals surface area contributed by atoms with Crippen molar-refractivity contribution in [3.8, 4) is 0 Å². The fourth-order valence-corrected chi connectivity index (χ4v) is 4.28. The lowest BCUT2D eigenvalue weighted by Gasteiger charge is -2.25. The van der Waals surface area contributed by atoms with Crippen LogP contribution in [0.25, 0.3) is 0 Å². The van der Waals surface area contributed by atoms with Crippen molar-refractivity contribution in [2.75, 3.05) is 0 Å². The maximum atomic E-state index is 14.4. The summed E-state index contributed by atoms with van der Waals surface area (Å²) in [4.78, 5) is 4.67. The summed E-state index contributed by atoms with van der Waals surface area (Å²) in [7, 11) is 0. The number of halogens is 2. The first-order valence-corrected chi connectivity index (χ1v) is 8.53. The molecule has 0 saturated heterocycles. The molecule has 2 aliphatic carbocycles. The number of hydrogen-bond donors (Lipinski definition) is 1. The molecule has 6 heteroatoms. The summed E-state index contributed by atoms with van der Waals surface area (Å²) in [6.07, 6.45) is 7.73. The van der Waals surface area contributed by atoms with Gasteiger partial charge >= 0.3 is 0 Å². The highest BCUT2D eigenvalue weighted by molar-refractivity contribution is 5.85. The molecule has 4 nitrogen and oxygen atoms in total. The number of aromatic nitrogens is 2. The van der Waals surface area contributed by atoms with Gasteiger partial charge in [0.25, 0.3) is 0 Å². The maximum Gasteiger partial charge on any atom is 0.237 e. The zero-order chi connectivity index (χ0) is 15.9. The van der Waals surface area contributed by atoms with Gasteiger partial charge in [-0.15, -0.1) is 12.4 Å². The number of nitrogens with zero attached hydrogens (tertiary/aromatic N) is 2. The van der Waals surface area contributed by atoms with Gasteiger partial charge in [0.15, 0.2) is 5.82 Å². The third-order valence-electron chi connectivity index (χ3n) is 5.62. The first-order valence-electron chi connectivity index (χ1n) is 8.53. The minimum Gasteiger partial charge on any atom is -0.338 e. The van der Waals surface area contributed by atoms with Crippen LogP contribution >= 0.6 is 12.4 Å². The Morgan fingerprint density at radius 3 is 2.29 bits per heavy atom. The van der Waals surface area contributed by atoms with Crippen LogP contribution in [0.5, 0.6) is 0 Å². The van der Waals surface area contributed by atoms with Crippen LogP contribution in [0.1, 0.15) is 68.6 Å². The molecular weight excluding hydrogens is 329 g/mol. The first-order chi connectivity index (χ1) is 11.1. The van der Waals surface area contributed by atoms with Crippen LogP contribution in [-0.4, -0.2) is 10.1 Å². The summed E-state index contributed by atoms with van der Waals surface area (Å²) in [5, 5.41) is 4.18. The highest BCUT2D eigenvalue weighted by Crippen LogP contribution is 2.47. The first kappa shape index (κ1) is 17.4. The van der Waals surface area contributed by atoms with E-state index < -0.39 is 11.0 Å². The molecule has 1 aromatic carbocycles. The van der Waals surface area contributed by atoms with E-state index in [0.717, 1.165) is 51.4 Å². The molecule has 0 spiro atoms. The van der Waals surface area contributed by atoms with Gasteiger partial charge in [0, 0.05) is 5.56 Å². The molecular formula is C18H23ClFN3O. The number of rotatable bonds is 3. The van der Waals surface area contributed by atoms with Gasteiger partial charge in [0.1, 0.15) is 5.82 Å². The van der Waals surface area contributed by atoms with E-state index in [2.05, 4.69) is 10.1 Å². The molecule has 0 bridgehead atoms. The molecule has 1 aromatic heterocycles. The molecule has 2 aliphatic rings. The van der Waals surface area contributed by atoms with Crippen molar-refractivity contribution >= 4 is 12.4 Å². The Balaban J connectivity index is 0.00000169. The minimum atomic E-state index is -0.494. The largest absolute Gasteiger partial charge is 0.338 e. The van der Waals surface area contributed by atoms with Crippen LogP contribution in [0.3, 0.4) is 0 Å². The van der Waals surface area contributed by atoms with E-state index in [9.17, 15) is 4.39 Å². The lowest BCUT2D eigenvalue weighted by molar-refractivity contribution is 0.298. The molecule has 0 aliphatic heterocycles. The molecule has 2 saturated carbocycles. The molecule has 1 heterocycles. The molecule has 130 valence electrons. The predicted molar refractivity (Wildman–Crippen MR) is 91.5 cm³/mol. The van der Waals surface area contributed by atoms with E-state index >= 15 is 0 Å². The Kier molecular flexibility index (Phi) is 4.67. The molecule has 0 unspecified atom stereocenters. The Hall–Kier alpha value is -1.46. The number of hydrogen-bond acceptors (Lipinski definition) is 4. The lowest BCUT2D eigenvalue weighted by Crippen LogP contribution is -2.35. The average molecular weight is 352 g/mol. The zero-order valence-corrected chi connectivity index (χ0v) is 14.4. The fourth-order valence-electron chi connectivity index (χ4n) is 4.28. The Labute approximate surface area is 147 Å². The SMILES string of the molecule is Cl.NC1(c2noc(C3(c4ccccc4F)CCCC3)n2)CCCC1. The van der Waals surface area contributed by atoms with Crippen molar-refractivity contribution in [3.63, 3.8) is 0 Å². The van der Waals surface area contributed by atoms with E-state index in [4.69, 9.17) is 10.3 Å². The van der Waals surface area contributed by atoms with E-state index in [1.165, 1.54) is 6.07 Å². The second-order valence-corrected chi connectivity index (χ2v) is 7.06. The lowest BCUT2D eigenvalue weighted by atomic mass is 9.78. The van der Waals surface area contributed by atoms with Crippen LogP contribution in [-0.2, 0) is 11.0 Å². The van der Waals surface area contributed by atoms with Crippen molar-refractivity contribution in [2.45, 2.75) is 62.3 Å². The van der Waals surface area contributed by atoms with Gasteiger partial charge in [0.05, 0.1) is 11.0 Å². The minimum absolute atomic E-state index is 0. The van der Waals surface area contributed by atoms with Crippen LogP contribution < -0.4 is 5.73 Å². The molecule has 24 heavy (non-hydrogen) atoms. The van der Waals surface area contributed by atoms with Crippen LogP contribution in [0.4, 0.5) is 4.39 Å². The second kappa shape index (κ2) is 6.45. The third-order valence-corrected chi connectivity index (χ3v) is 5.62. The van der Waals surface area contributed by atoms with Crippen molar-refractivity contribution < 1.29 is 8.91 Å². The van der Waals surface area contributed by atoms with E-state index in [0.29, 0.717) is 17.3 Å². The number of nitrogens with two attached hydrogens (primary N) is 1. The molecule has 0 atom stereocenters. The van der Waals surface area contributed by atoms with Crippen molar-refractivity contribution in [3.05, 3.63) is 47.4 Å². The van der Waals surface area contributed by atoms with Gasteiger partial charge < -0.3 is 10.3 Å². The second-order valence-electron chi connectivity index (χ2n) is 7.06. The highest BCUT2D eigenvalue weighted by Gasteiger charge is 2.45. The highest BCUT2D eigenvalue weighted by atomic mass is 35.5. The molecule has 4 rings (SSSR count). The predicted octanol–water partition coefficient (Wildman–Crippen LogP) is 4.22. The van der Waals surface area contributed by atoms with E-state index in [-0.39, 0.29) is 18.2 Å². The summed E-state index contributed by atoms with van der Waals surface area (Å²) in [5.74, 6) is 0.928. The van der Waals surface area contributed by atoms with Crippen molar-refractivity contribution in [2.24, 2.45) is 5.73 Å². The van der Waals surface area contributed by atoms with Gasteiger partial charge in [0.2, 0.25) is 5.89 Å². The quantitative estimate of drug-likeness (QED) is 0.899. The number of benzene rings is 1. The van der Waals surface area contributed by atoms with Gasteiger partial charge in [-0.2, -0.15) is 4.98 Å². The summed E-state index contributed by atoms with van der Waals surface area (Å²) in [5.41, 5.74) is 6.15. The molecule has 0 amide bonds. The molecule has 0 radical (unpaired) electrons. The topological polar surface area (TPSA) is 64.9 Å². The summed E-state index contributed by atoms with van der Waals surface area (Å²) >= 11 is 0. The summed E-state index contributed by atoms with van der Waals surface area (Å²) in [6.45, 7) is 0. The monoisotopic (exact) mass is 351 g/mol. The smallest absolute Gasteiger partial charge is 0.237 e. The Morgan fingerprint density at radius 2 is 1.62 bits per heavy atom. The van der Waals surface area contributed by atoms with E-state index in [1.54, 1.807) is 6.07 Å². The molecule has 2 N–H and O–H groups in total. The summed E-state index contributed by atoms with van der Waals surface area (Å²) < 4.78 is 20.1. The van der Waals surface area contributed by atoms with E-state index in [1.807, 2.05) is 12.1 Å². The standard InChI is InChI=1S/C18H22FN3O.ClH/c19-14-8-2-1-7-13(14)17(9-3-4-10-17)16-21-15(22-23-16)18(20)11-5-6-12-18;/h1-2,7-8H,3-6,9-12,20H2;1H. The van der Waals surface area contributed by atoms with Gasteiger partial charge in [-0.05, 0) is 31.7 Å². The van der Waals surface area contributed by atoms with Crippen LogP contribution in [0.15, 0.2) is 28.8 Å². The summed E-state index contributed by atoms with van der Waals surface area (Å²) in [6, 6.07) is 6.94. The van der Waals surface area contributed by atoms with Crippen LogP contribution in [0, 0.1) is 5.82 Å². The third kappa shape index (κ3) is 2.64. The maximum absolute atomic E-state index is 14.4. The van der Waals surface area contributed by atoms with Crippen LogP contribution in [0.2, 0.25) is 0 Å². The average Bonchev–Trinajstić information content (AvgIpc) is 3.28. The van der Waals surface area contributed by atoms with Crippen molar-refractivity contribution in [1.29, 1.82) is 0 Å². The van der Waals surface area contributed by atoms with Gasteiger partial charge in [-0.3, -0.25) is 0 Å². The molecule has 2 fully saturated rings. The normalized spacial score (nSPS) is 21.6.